The molecule has 0 spiro atoms. The zero-order chi connectivity index (χ0) is 18.2. The van der Waals surface area contributed by atoms with Gasteiger partial charge in [-0.15, -0.1) is 0 Å². The first kappa shape index (κ1) is 19.5. The molecule has 0 atom stereocenters. The molecule has 140 valence electrons. The molecule has 1 N–H and O–H groups in total. The Kier molecular flexibility index (Phi) is 7.67. The maximum absolute atomic E-state index is 6.19. The smallest absolute Gasteiger partial charge is 0.119 e. The minimum atomic E-state index is 0.373. The maximum atomic E-state index is 6.19. The van der Waals surface area contributed by atoms with Gasteiger partial charge < -0.3 is 10.1 Å². The first-order valence-electron chi connectivity index (χ1n) is 9.60. The van der Waals surface area contributed by atoms with Crippen LogP contribution >= 0.6 is 23.2 Å². The van der Waals surface area contributed by atoms with E-state index in [1.54, 1.807) is 0 Å². The second-order valence-corrected chi connectivity index (χ2v) is 7.87. The predicted molar refractivity (Wildman–Crippen MR) is 110 cm³/mol. The monoisotopic (exact) mass is 391 g/mol. The summed E-state index contributed by atoms with van der Waals surface area (Å²) in [6.07, 6.45) is 9.51. The Bertz CT molecular complexity index is 659. The SMILES string of the molecule is Clc1cccc(Cl)c1COc1ccc(CNC2CCCCCCC2)cc1. The molecule has 1 aliphatic carbocycles. The van der Waals surface area contributed by atoms with Crippen LogP contribution in [-0.4, -0.2) is 6.04 Å². The summed E-state index contributed by atoms with van der Waals surface area (Å²) in [6, 6.07) is 14.4. The number of halogens is 2. The van der Waals surface area contributed by atoms with Gasteiger partial charge in [0.15, 0.2) is 0 Å². The zero-order valence-electron chi connectivity index (χ0n) is 15.1. The quantitative estimate of drug-likeness (QED) is 0.585. The van der Waals surface area contributed by atoms with Gasteiger partial charge in [-0.1, -0.05) is 73.5 Å². The third-order valence-corrected chi connectivity index (χ3v) is 5.78. The molecule has 0 radical (unpaired) electrons. The molecule has 0 bridgehead atoms. The Morgan fingerprint density at radius 3 is 2.12 bits per heavy atom. The molecule has 2 nitrogen and oxygen atoms in total. The first-order chi connectivity index (χ1) is 12.7. The molecule has 0 unspecified atom stereocenters. The standard InChI is InChI=1S/C22H27Cl2NO/c23-21-9-6-10-22(24)20(21)16-26-19-13-11-17(12-14-19)15-25-18-7-4-2-1-3-5-8-18/h6,9-14,18,25H,1-5,7-8,15-16H2. The lowest BCUT2D eigenvalue weighted by molar-refractivity contribution is 0.306. The van der Waals surface area contributed by atoms with Crippen LogP contribution < -0.4 is 10.1 Å². The molecule has 0 amide bonds. The minimum Gasteiger partial charge on any atom is -0.489 e. The van der Waals surface area contributed by atoms with Crippen LogP contribution in [0.15, 0.2) is 42.5 Å². The molecule has 0 saturated heterocycles. The van der Waals surface area contributed by atoms with Gasteiger partial charge in [0.05, 0.1) is 0 Å². The minimum absolute atomic E-state index is 0.373. The summed E-state index contributed by atoms with van der Waals surface area (Å²) in [7, 11) is 0. The van der Waals surface area contributed by atoms with Crippen LogP contribution in [0, 0.1) is 0 Å². The highest BCUT2D eigenvalue weighted by Crippen LogP contribution is 2.26. The fourth-order valence-electron chi connectivity index (χ4n) is 3.45. The molecule has 4 heteroatoms. The number of rotatable bonds is 6. The van der Waals surface area contributed by atoms with E-state index in [1.807, 2.05) is 30.3 Å². The number of benzene rings is 2. The molecule has 1 fully saturated rings. The van der Waals surface area contributed by atoms with Gasteiger partial charge in [-0.2, -0.15) is 0 Å². The fourth-order valence-corrected chi connectivity index (χ4v) is 3.96. The summed E-state index contributed by atoms with van der Waals surface area (Å²) >= 11 is 12.4. The average molecular weight is 392 g/mol. The van der Waals surface area contributed by atoms with Crippen molar-refractivity contribution in [2.75, 3.05) is 0 Å². The van der Waals surface area contributed by atoms with Crippen molar-refractivity contribution in [3.8, 4) is 5.75 Å². The van der Waals surface area contributed by atoms with Crippen molar-refractivity contribution < 1.29 is 4.74 Å². The Morgan fingerprint density at radius 1 is 0.846 bits per heavy atom. The van der Waals surface area contributed by atoms with Crippen LogP contribution in [0.4, 0.5) is 0 Å². The van der Waals surface area contributed by atoms with Crippen molar-refractivity contribution in [3.63, 3.8) is 0 Å². The van der Waals surface area contributed by atoms with E-state index in [0.29, 0.717) is 22.7 Å². The van der Waals surface area contributed by atoms with E-state index in [2.05, 4.69) is 17.4 Å². The molecule has 0 heterocycles. The van der Waals surface area contributed by atoms with E-state index in [-0.39, 0.29) is 0 Å². The van der Waals surface area contributed by atoms with Crippen LogP contribution in [0.2, 0.25) is 10.0 Å². The summed E-state index contributed by atoms with van der Waals surface area (Å²) in [6.45, 7) is 1.29. The van der Waals surface area contributed by atoms with Crippen LogP contribution in [0.5, 0.6) is 5.75 Å². The molecule has 2 aromatic rings. The lowest BCUT2D eigenvalue weighted by Crippen LogP contribution is -2.29. The van der Waals surface area contributed by atoms with Gasteiger partial charge in [-0.05, 0) is 42.7 Å². The van der Waals surface area contributed by atoms with Crippen molar-refractivity contribution in [1.82, 2.24) is 5.32 Å². The first-order valence-corrected chi connectivity index (χ1v) is 10.4. The lowest BCUT2D eigenvalue weighted by Gasteiger charge is -2.21. The average Bonchev–Trinajstić information content (AvgIpc) is 2.61. The zero-order valence-corrected chi connectivity index (χ0v) is 16.7. The molecule has 1 saturated carbocycles. The van der Waals surface area contributed by atoms with Crippen molar-refractivity contribution in [2.45, 2.75) is 64.1 Å². The second kappa shape index (κ2) is 10.2. The molecule has 0 aliphatic heterocycles. The third kappa shape index (κ3) is 5.90. The van der Waals surface area contributed by atoms with E-state index in [1.165, 1.54) is 50.5 Å². The van der Waals surface area contributed by atoms with Gasteiger partial charge in [-0.3, -0.25) is 0 Å². The molecule has 26 heavy (non-hydrogen) atoms. The molecule has 0 aromatic heterocycles. The number of nitrogens with one attached hydrogen (secondary N) is 1. The molecular formula is C22H27Cl2NO. The number of ether oxygens (including phenoxy) is 1. The van der Waals surface area contributed by atoms with Gasteiger partial charge >= 0.3 is 0 Å². The van der Waals surface area contributed by atoms with Gasteiger partial charge in [0, 0.05) is 28.2 Å². The third-order valence-electron chi connectivity index (χ3n) is 5.07. The van der Waals surface area contributed by atoms with Gasteiger partial charge in [0.25, 0.3) is 0 Å². The fraction of sp³-hybridized carbons (Fsp3) is 0.455. The molecule has 2 aromatic carbocycles. The van der Waals surface area contributed by atoms with Crippen molar-refractivity contribution in [3.05, 3.63) is 63.6 Å². The lowest BCUT2D eigenvalue weighted by atomic mass is 9.96. The topological polar surface area (TPSA) is 21.3 Å². The maximum Gasteiger partial charge on any atom is 0.119 e. The molecule has 3 rings (SSSR count). The van der Waals surface area contributed by atoms with Crippen molar-refractivity contribution in [1.29, 1.82) is 0 Å². The van der Waals surface area contributed by atoms with E-state index in [4.69, 9.17) is 27.9 Å². The highest BCUT2D eigenvalue weighted by Gasteiger charge is 2.11. The number of hydrogen-bond acceptors (Lipinski definition) is 2. The van der Waals surface area contributed by atoms with Crippen molar-refractivity contribution in [2.24, 2.45) is 0 Å². The van der Waals surface area contributed by atoms with Gasteiger partial charge in [-0.25, -0.2) is 0 Å². The highest BCUT2D eigenvalue weighted by atomic mass is 35.5. The predicted octanol–water partition coefficient (Wildman–Crippen LogP) is 6.77. The summed E-state index contributed by atoms with van der Waals surface area (Å²) in [5.41, 5.74) is 2.11. The summed E-state index contributed by atoms with van der Waals surface area (Å²) in [5, 5.41) is 5.00. The van der Waals surface area contributed by atoms with Crippen LogP contribution in [0.25, 0.3) is 0 Å². The second-order valence-electron chi connectivity index (χ2n) is 7.06. The van der Waals surface area contributed by atoms with Crippen LogP contribution in [0.3, 0.4) is 0 Å². The van der Waals surface area contributed by atoms with Gasteiger partial charge in [0.1, 0.15) is 12.4 Å². The summed E-state index contributed by atoms with van der Waals surface area (Å²) in [4.78, 5) is 0. The molecular weight excluding hydrogens is 365 g/mol. The Hall–Kier alpha value is -1.22. The largest absolute Gasteiger partial charge is 0.489 e. The van der Waals surface area contributed by atoms with E-state index in [9.17, 15) is 0 Å². The summed E-state index contributed by atoms with van der Waals surface area (Å²) in [5.74, 6) is 0.829. The van der Waals surface area contributed by atoms with Crippen molar-refractivity contribution >= 4 is 23.2 Å². The van der Waals surface area contributed by atoms with E-state index in [0.717, 1.165) is 17.9 Å². The Labute approximate surface area is 166 Å². The van der Waals surface area contributed by atoms with E-state index < -0.39 is 0 Å². The Morgan fingerprint density at radius 2 is 1.46 bits per heavy atom. The Balaban J connectivity index is 1.48. The number of hydrogen-bond donors (Lipinski definition) is 1. The van der Waals surface area contributed by atoms with Crippen LogP contribution in [-0.2, 0) is 13.2 Å². The van der Waals surface area contributed by atoms with Crippen LogP contribution in [0.1, 0.15) is 56.1 Å². The highest BCUT2D eigenvalue weighted by molar-refractivity contribution is 6.35. The molecule has 1 aliphatic rings. The van der Waals surface area contributed by atoms with E-state index >= 15 is 0 Å². The van der Waals surface area contributed by atoms with Gasteiger partial charge in [0.2, 0.25) is 0 Å². The summed E-state index contributed by atoms with van der Waals surface area (Å²) < 4.78 is 5.84. The normalized spacial score (nSPS) is 16.1.